The van der Waals surface area contributed by atoms with Gasteiger partial charge in [-0.05, 0) is 79.6 Å². The number of rotatable bonds is 10. The number of allylic oxidation sites excluding steroid dienone is 1. The maximum absolute atomic E-state index is 13.7. The molecule has 1 amide bonds. The van der Waals surface area contributed by atoms with Crippen molar-refractivity contribution in [1.29, 1.82) is 0 Å². The molecule has 3 atom stereocenters. The van der Waals surface area contributed by atoms with E-state index < -0.39 is 41.5 Å². The first-order valence-corrected chi connectivity index (χ1v) is 16.5. The van der Waals surface area contributed by atoms with Gasteiger partial charge in [0.1, 0.15) is 28.6 Å². The van der Waals surface area contributed by atoms with Crippen LogP contribution in [0, 0.1) is 0 Å². The smallest absolute Gasteiger partial charge is 0.342 e. The standard InChI is InChI=1S/C38H45NO11/c1-22-10-8-14-26(40)13-7-5-6-11-24-17-29(42)35(36(45)34(24)38(46)50-22)28(25-18-31(47-2)37(49-4)32(19-25)48-3)20-33(44)39-21-30(43)23-12-9-15-27(41)16-23/h6,9,11-12,15-19,22,28,30,41-43,45H,5,7-8,10,13-14,20-21H2,1-4H3,(H,39,44). The fourth-order valence-corrected chi connectivity index (χ4v) is 6.03. The zero-order valence-corrected chi connectivity index (χ0v) is 28.7. The number of phenols is 3. The summed E-state index contributed by atoms with van der Waals surface area (Å²) >= 11 is 0. The average Bonchev–Trinajstić information content (AvgIpc) is 3.08. The van der Waals surface area contributed by atoms with Gasteiger partial charge in [-0.25, -0.2) is 4.79 Å². The van der Waals surface area contributed by atoms with Crippen LogP contribution in [0.1, 0.15) is 96.5 Å². The van der Waals surface area contributed by atoms with Crippen LogP contribution in [-0.2, 0) is 14.3 Å². The highest BCUT2D eigenvalue weighted by Crippen LogP contribution is 2.47. The number of aromatic hydroxyl groups is 3. The van der Waals surface area contributed by atoms with Crippen molar-refractivity contribution < 1.29 is 53.8 Å². The van der Waals surface area contributed by atoms with Crippen molar-refractivity contribution in [2.45, 2.75) is 70.0 Å². The molecule has 12 heteroatoms. The second-order valence-electron chi connectivity index (χ2n) is 12.2. The summed E-state index contributed by atoms with van der Waals surface area (Å²) in [4.78, 5) is 39.4. The maximum Gasteiger partial charge on any atom is 0.342 e. The molecule has 12 nitrogen and oxygen atoms in total. The maximum atomic E-state index is 13.7. The Kier molecular flexibility index (Phi) is 13.1. The highest BCUT2D eigenvalue weighted by molar-refractivity contribution is 5.98. The fraction of sp³-hybridized carbons (Fsp3) is 0.395. The van der Waals surface area contributed by atoms with Gasteiger partial charge in [0.2, 0.25) is 11.7 Å². The molecular formula is C38H45NO11. The molecular weight excluding hydrogens is 646 g/mol. The number of benzene rings is 3. The number of hydrogen-bond donors (Lipinski definition) is 5. The predicted octanol–water partition coefficient (Wildman–Crippen LogP) is 5.68. The third kappa shape index (κ3) is 9.26. The summed E-state index contributed by atoms with van der Waals surface area (Å²) in [6.45, 7) is 1.50. The van der Waals surface area contributed by atoms with E-state index in [0.717, 1.165) is 0 Å². The lowest BCUT2D eigenvalue weighted by Gasteiger charge is -2.24. The second-order valence-corrected chi connectivity index (χ2v) is 12.2. The molecule has 50 heavy (non-hydrogen) atoms. The Morgan fingerprint density at radius 2 is 1.66 bits per heavy atom. The van der Waals surface area contributed by atoms with Gasteiger partial charge in [0.05, 0.1) is 33.5 Å². The number of carbonyl (C=O) groups is 3. The number of hydrogen-bond acceptors (Lipinski definition) is 11. The number of ketones is 1. The Morgan fingerprint density at radius 1 is 0.960 bits per heavy atom. The normalized spacial score (nSPS) is 16.7. The topological polar surface area (TPSA) is 181 Å². The Hall–Kier alpha value is -5.23. The van der Waals surface area contributed by atoms with Crippen LogP contribution >= 0.6 is 0 Å². The number of carbonyl (C=O) groups excluding carboxylic acids is 3. The summed E-state index contributed by atoms with van der Waals surface area (Å²) in [6, 6.07) is 10.5. The number of methoxy groups -OCH3 is 3. The SMILES string of the molecule is COc1cc(C(CC(=O)NCC(O)c2cccc(O)c2)c2c(O)cc3c(c2O)C(=O)OC(C)CCCC(=O)CCCC=C3)cc(OC)c1OC. The van der Waals surface area contributed by atoms with E-state index in [9.17, 15) is 34.8 Å². The van der Waals surface area contributed by atoms with Gasteiger partial charge in [0, 0.05) is 37.3 Å². The molecule has 1 heterocycles. The number of esters is 1. The van der Waals surface area contributed by atoms with E-state index in [4.69, 9.17) is 18.9 Å². The van der Waals surface area contributed by atoms with Crippen molar-refractivity contribution in [3.05, 3.63) is 76.4 Å². The molecule has 5 N–H and O–H groups in total. The summed E-state index contributed by atoms with van der Waals surface area (Å²) in [5.41, 5.74) is 0.654. The molecule has 0 spiro atoms. The zero-order valence-electron chi connectivity index (χ0n) is 28.7. The number of cyclic esters (lactones) is 1. The van der Waals surface area contributed by atoms with Crippen molar-refractivity contribution in [1.82, 2.24) is 5.32 Å². The van der Waals surface area contributed by atoms with Crippen molar-refractivity contribution in [2.24, 2.45) is 0 Å². The predicted molar refractivity (Wildman–Crippen MR) is 185 cm³/mol. The van der Waals surface area contributed by atoms with Crippen LogP contribution in [0.2, 0.25) is 0 Å². The minimum atomic E-state index is -1.14. The minimum absolute atomic E-state index is 0.0402. The molecule has 0 fully saturated rings. The van der Waals surface area contributed by atoms with Crippen LogP contribution in [0.3, 0.4) is 0 Å². The van der Waals surface area contributed by atoms with E-state index in [0.29, 0.717) is 49.7 Å². The van der Waals surface area contributed by atoms with Gasteiger partial charge in [0.15, 0.2) is 11.5 Å². The number of amides is 1. The van der Waals surface area contributed by atoms with E-state index in [1.54, 1.807) is 43.3 Å². The molecule has 0 aromatic heterocycles. The van der Waals surface area contributed by atoms with Gasteiger partial charge in [-0.3, -0.25) is 9.59 Å². The Balaban J connectivity index is 1.81. The molecule has 3 aromatic carbocycles. The molecule has 0 saturated carbocycles. The van der Waals surface area contributed by atoms with E-state index >= 15 is 0 Å². The van der Waals surface area contributed by atoms with Crippen LogP contribution < -0.4 is 19.5 Å². The third-order valence-electron chi connectivity index (χ3n) is 8.63. The molecule has 0 radical (unpaired) electrons. The molecule has 0 aliphatic carbocycles. The molecule has 1 aliphatic rings. The van der Waals surface area contributed by atoms with E-state index in [-0.39, 0.29) is 58.4 Å². The first-order chi connectivity index (χ1) is 24.0. The Morgan fingerprint density at radius 3 is 2.32 bits per heavy atom. The molecule has 268 valence electrons. The van der Waals surface area contributed by atoms with Gasteiger partial charge < -0.3 is 44.7 Å². The first-order valence-electron chi connectivity index (χ1n) is 16.5. The second kappa shape index (κ2) is 17.4. The van der Waals surface area contributed by atoms with Crippen LogP contribution in [-0.4, -0.2) is 72.1 Å². The lowest BCUT2D eigenvalue weighted by molar-refractivity contribution is -0.122. The van der Waals surface area contributed by atoms with Crippen molar-refractivity contribution in [2.75, 3.05) is 27.9 Å². The Bertz CT molecular complexity index is 1690. The quantitative estimate of drug-likeness (QED) is 0.165. The van der Waals surface area contributed by atoms with Gasteiger partial charge in [0.25, 0.3) is 0 Å². The van der Waals surface area contributed by atoms with Crippen LogP contribution in [0.15, 0.2) is 48.5 Å². The lowest BCUT2D eigenvalue weighted by Crippen LogP contribution is -2.30. The largest absolute Gasteiger partial charge is 0.508 e. The highest BCUT2D eigenvalue weighted by atomic mass is 16.5. The molecule has 0 saturated heterocycles. The number of fused-ring (bicyclic) bond motifs is 1. The van der Waals surface area contributed by atoms with Gasteiger partial charge >= 0.3 is 5.97 Å². The summed E-state index contributed by atoms with van der Waals surface area (Å²) < 4.78 is 22.3. The minimum Gasteiger partial charge on any atom is -0.508 e. The summed E-state index contributed by atoms with van der Waals surface area (Å²) in [5, 5.41) is 46.5. The van der Waals surface area contributed by atoms with Gasteiger partial charge in [-0.15, -0.1) is 0 Å². The first kappa shape index (κ1) is 37.6. The number of aliphatic hydroxyl groups is 1. The summed E-state index contributed by atoms with van der Waals surface area (Å²) in [7, 11) is 4.28. The molecule has 3 aromatic rings. The number of aliphatic hydroxyl groups excluding tert-OH is 1. The highest BCUT2D eigenvalue weighted by Gasteiger charge is 2.32. The average molecular weight is 692 g/mol. The van der Waals surface area contributed by atoms with E-state index in [1.807, 2.05) is 0 Å². The monoisotopic (exact) mass is 691 g/mol. The number of ether oxygens (including phenoxy) is 4. The van der Waals surface area contributed by atoms with Crippen molar-refractivity contribution in [3.63, 3.8) is 0 Å². The van der Waals surface area contributed by atoms with Crippen LogP contribution in [0.25, 0.3) is 6.08 Å². The zero-order chi connectivity index (χ0) is 36.4. The number of Topliss-reactive ketones (excluding diaryl/α,β-unsaturated/α-hetero) is 1. The summed E-state index contributed by atoms with van der Waals surface area (Å²) in [6.07, 6.45) is 4.21. The molecule has 1 aliphatic heterocycles. The van der Waals surface area contributed by atoms with Gasteiger partial charge in [-0.1, -0.05) is 24.3 Å². The van der Waals surface area contributed by atoms with E-state index in [2.05, 4.69) is 5.32 Å². The summed E-state index contributed by atoms with van der Waals surface area (Å²) in [5.74, 6) is -2.57. The third-order valence-corrected chi connectivity index (χ3v) is 8.63. The van der Waals surface area contributed by atoms with Crippen molar-refractivity contribution in [3.8, 4) is 34.5 Å². The molecule has 4 rings (SSSR count). The number of nitrogens with one attached hydrogen (secondary N) is 1. The van der Waals surface area contributed by atoms with Gasteiger partial charge in [-0.2, -0.15) is 0 Å². The number of phenolic OH excluding ortho intramolecular Hbond substituents is 3. The fourth-order valence-electron chi connectivity index (χ4n) is 6.03. The lowest BCUT2D eigenvalue weighted by atomic mass is 9.84. The van der Waals surface area contributed by atoms with E-state index in [1.165, 1.54) is 39.5 Å². The Labute approximate surface area is 291 Å². The van der Waals surface area contributed by atoms with Crippen molar-refractivity contribution >= 4 is 23.7 Å². The van der Waals surface area contributed by atoms with Crippen LogP contribution in [0.4, 0.5) is 0 Å². The molecule has 3 unspecified atom stereocenters. The molecule has 0 bridgehead atoms. The van der Waals surface area contributed by atoms with Crippen LogP contribution in [0.5, 0.6) is 34.5 Å².